The minimum atomic E-state index is -0.348. The van der Waals surface area contributed by atoms with Crippen LogP contribution in [0.2, 0.25) is 0 Å². The average Bonchev–Trinajstić information content (AvgIpc) is 3.01. The van der Waals surface area contributed by atoms with E-state index in [1.54, 1.807) is 24.5 Å². The first kappa shape index (κ1) is 18.9. The molecule has 7 nitrogen and oxygen atoms in total. The fourth-order valence-electron chi connectivity index (χ4n) is 3.34. The van der Waals surface area contributed by atoms with Gasteiger partial charge in [-0.05, 0) is 37.5 Å². The van der Waals surface area contributed by atoms with E-state index >= 15 is 0 Å². The van der Waals surface area contributed by atoms with Gasteiger partial charge in [0.15, 0.2) is 0 Å². The van der Waals surface area contributed by atoms with Crippen molar-refractivity contribution in [3.8, 4) is 0 Å². The number of hydrogen-bond acceptors (Lipinski definition) is 4. The van der Waals surface area contributed by atoms with Gasteiger partial charge in [0.1, 0.15) is 11.5 Å². The van der Waals surface area contributed by atoms with Crippen LogP contribution in [0, 0.1) is 18.3 Å². The topological polar surface area (TPSA) is 76.2 Å². The Morgan fingerprint density at radius 3 is 2.97 bits per heavy atom. The van der Waals surface area contributed by atoms with E-state index in [4.69, 9.17) is 6.57 Å². The number of aromatic nitrogens is 3. The van der Waals surface area contributed by atoms with Gasteiger partial charge in [-0.1, -0.05) is 12.5 Å². The molecule has 0 bridgehead atoms. The number of aryl methyl sites for hydroxylation is 1. The predicted molar refractivity (Wildman–Crippen MR) is 108 cm³/mol. The molecule has 1 amide bonds. The Morgan fingerprint density at radius 1 is 1.38 bits per heavy atom. The summed E-state index contributed by atoms with van der Waals surface area (Å²) in [6.45, 7) is 8.59. The van der Waals surface area contributed by atoms with Crippen LogP contribution in [-0.4, -0.2) is 27.0 Å². The molecular formula is C21H21FN6O. The SMILES string of the molecule is [C-]#[N+]c1cn(CCCNC(=O)C2CCC2)c2nc(Nc3cccc(F)c3)ncc12. The molecular weight excluding hydrogens is 371 g/mol. The largest absolute Gasteiger partial charge is 0.356 e. The summed E-state index contributed by atoms with van der Waals surface area (Å²) in [5.74, 6) is 0.302. The summed E-state index contributed by atoms with van der Waals surface area (Å²) in [4.78, 5) is 24.3. The molecule has 0 saturated heterocycles. The van der Waals surface area contributed by atoms with E-state index in [2.05, 4.69) is 25.4 Å². The van der Waals surface area contributed by atoms with E-state index in [0.29, 0.717) is 41.4 Å². The van der Waals surface area contributed by atoms with Gasteiger partial charge >= 0.3 is 0 Å². The van der Waals surface area contributed by atoms with Crippen molar-refractivity contribution >= 4 is 34.3 Å². The maximum absolute atomic E-state index is 13.4. The molecule has 2 heterocycles. The predicted octanol–water partition coefficient (Wildman–Crippen LogP) is 4.17. The molecule has 0 atom stereocenters. The molecule has 3 aromatic rings. The smallest absolute Gasteiger partial charge is 0.229 e. The first-order chi connectivity index (χ1) is 14.1. The van der Waals surface area contributed by atoms with Crippen LogP contribution < -0.4 is 10.6 Å². The monoisotopic (exact) mass is 392 g/mol. The Hall–Kier alpha value is -3.47. The molecule has 1 fully saturated rings. The molecule has 29 heavy (non-hydrogen) atoms. The maximum atomic E-state index is 13.4. The Balaban J connectivity index is 1.47. The number of carbonyl (C=O) groups excluding carboxylic acids is 1. The second-order valence-corrected chi connectivity index (χ2v) is 7.16. The van der Waals surface area contributed by atoms with E-state index in [-0.39, 0.29) is 17.6 Å². The average molecular weight is 392 g/mol. The Kier molecular flexibility index (Phi) is 5.38. The van der Waals surface area contributed by atoms with Crippen LogP contribution in [0.1, 0.15) is 25.7 Å². The minimum Gasteiger partial charge on any atom is -0.356 e. The van der Waals surface area contributed by atoms with E-state index < -0.39 is 0 Å². The standard InChI is InChI=1S/C21H21FN6O/c1-23-18-13-28(10-4-9-24-20(29)14-5-2-6-14)19-17(18)12-25-21(27-19)26-16-8-3-7-15(22)11-16/h3,7-8,11-14H,2,4-6,9-10H2,(H,24,29)(H,25,26,27). The van der Waals surface area contributed by atoms with Crippen LogP contribution in [0.3, 0.4) is 0 Å². The molecule has 2 aromatic heterocycles. The molecule has 148 valence electrons. The molecule has 0 unspecified atom stereocenters. The van der Waals surface area contributed by atoms with Gasteiger partial charge in [0, 0.05) is 42.5 Å². The fourth-order valence-corrected chi connectivity index (χ4v) is 3.34. The number of benzene rings is 1. The van der Waals surface area contributed by atoms with Crippen molar-refractivity contribution in [3.63, 3.8) is 0 Å². The third kappa shape index (κ3) is 4.19. The summed E-state index contributed by atoms with van der Waals surface area (Å²) in [5.41, 5.74) is 1.66. The lowest BCUT2D eigenvalue weighted by Gasteiger charge is -2.24. The van der Waals surface area contributed by atoms with Gasteiger partial charge in [-0.3, -0.25) is 4.79 Å². The number of amides is 1. The van der Waals surface area contributed by atoms with Crippen LogP contribution in [-0.2, 0) is 11.3 Å². The normalized spacial score (nSPS) is 13.7. The maximum Gasteiger partial charge on any atom is 0.229 e. The number of nitrogens with zero attached hydrogens (tertiary/aromatic N) is 4. The lowest BCUT2D eigenvalue weighted by molar-refractivity contribution is -0.127. The molecule has 0 spiro atoms. The van der Waals surface area contributed by atoms with Crippen LogP contribution >= 0.6 is 0 Å². The molecule has 0 radical (unpaired) electrons. The summed E-state index contributed by atoms with van der Waals surface area (Å²) in [6.07, 6.45) is 7.20. The fraction of sp³-hybridized carbons (Fsp3) is 0.333. The summed E-state index contributed by atoms with van der Waals surface area (Å²) in [6, 6.07) is 6.06. The highest BCUT2D eigenvalue weighted by Gasteiger charge is 2.24. The first-order valence-corrected chi connectivity index (χ1v) is 9.67. The van der Waals surface area contributed by atoms with Gasteiger partial charge in [-0.25, -0.2) is 14.2 Å². The van der Waals surface area contributed by atoms with Crippen LogP contribution in [0.15, 0.2) is 36.7 Å². The highest BCUT2D eigenvalue weighted by molar-refractivity contribution is 5.91. The second kappa shape index (κ2) is 8.27. The highest BCUT2D eigenvalue weighted by Crippen LogP contribution is 2.28. The Labute approximate surface area is 167 Å². The number of nitrogens with one attached hydrogen (secondary N) is 2. The van der Waals surface area contributed by atoms with Crippen molar-refractivity contribution in [3.05, 3.63) is 53.9 Å². The molecule has 4 rings (SSSR count). The number of anilines is 2. The van der Waals surface area contributed by atoms with Gasteiger partial charge in [0.25, 0.3) is 0 Å². The number of halogens is 1. The zero-order chi connectivity index (χ0) is 20.2. The molecule has 1 aromatic carbocycles. The van der Waals surface area contributed by atoms with Crippen LogP contribution in [0.5, 0.6) is 0 Å². The van der Waals surface area contributed by atoms with Crippen molar-refractivity contribution in [2.24, 2.45) is 5.92 Å². The van der Waals surface area contributed by atoms with Crippen molar-refractivity contribution < 1.29 is 9.18 Å². The van der Waals surface area contributed by atoms with Crippen molar-refractivity contribution in [2.45, 2.75) is 32.2 Å². The van der Waals surface area contributed by atoms with E-state index in [1.807, 2.05) is 4.57 Å². The van der Waals surface area contributed by atoms with E-state index in [1.165, 1.54) is 12.1 Å². The zero-order valence-corrected chi connectivity index (χ0v) is 15.9. The van der Waals surface area contributed by atoms with Gasteiger partial charge in [-0.15, -0.1) is 0 Å². The van der Waals surface area contributed by atoms with E-state index in [0.717, 1.165) is 25.7 Å². The zero-order valence-electron chi connectivity index (χ0n) is 15.9. The number of carbonyl (C=O) groups is 1. The third-order valence-corrected chi connectivity index (χ3v) is 5.15. The quantitative estimate of drug-likeness (QED) is 0.467. The molecule has 0 aliphatic heterocycles. The van der Waals surface area contributed by atoms with Gasteiger partial charge in [0.2, 0.25) is 17.5 Å². The van der Waals surface area contributed by atoms with Crippen molar-refractivity contribution in [1.82, 2.24) is 19.9 Å². The molecule has 1 aliphatic rings. The lowest BCUT2D eigenvalue weighted by atomic mass is 9.85. The number of hydrogen-bond donors (Lipinski definition) is 2. The molecule has 8 heteroatoms. The minimum absolute atomic E-state index is 0.138. The third-order valence-electron chi connectivity index (χ3n) is 5.15. The Morgan fingerprint density at radius 2 is 2.24 bits per heavy atom. The summed E-state index contributed by atoms with van der Waals surface area (Å²) in [7, 11) is 0. The van der Waals surface area contributed by atoms with Crippen LogP contribution in [0.4, 0.5) is 21.7 Å². The van der Waals surface area contributed by atoms with Gasteiger partial charge in [-0.2, -0.15) is 4.98 Å². The summed E-state index contributed by atoms with van der Waals surface area (Å²) < 4.78 is 15.3. The van der Waals surface area contributed by atoms with Gasteiger partial charge in [0.05, 0.1) is 6.57 Å². The first-order valence-electron chi connectivity index (χ1n) is 9.67. The Bertz CT molecular complexity index is 1080. The number of fused-ring (bicyclic) bond motifs is 1. The van der Waals surface area contributed by atoms with Crippen LogP contribution in [0.25, 0.3) is 15.9 Å². The summed E-state index contributed by atoms with van der Waals surface area (Å²) in [5, 5.41) is 6.64. The lowest BCUT2D eigenvalue weighted by Crippen LogP contribution is -2.35. The molecule has 1 saturated carbocycles. The second-order valence-electron chi connectivity index (χ2n) is 7.16. The highest BCUT2D eigenvalue weighted by atomic mass is 19.1. The summed E-state index contributed by atoms with van der Waals surface area (Å²) >= 11 is 0. The van der Waals surface area contributed by atoms with Crippen molar-refractivity contribution in [2.75, 3.05) is 11.9 Å². The van der Waals surface area contributed by atoms with Crippen molar-refractivity contribution in [1.29, 1.82) is 0 Å². The van der Waals surface area contributed by atoms with Gasteiger partial charge < -0.3 is 15.2 Å². The number of rotatable bonds is 7. The molecule has 1 aliphatic carbocycles. The van der Waals surface area contributed by atoms with E-state index in [9.17, 15) is 9.18 Å². The molecule has 2 N–H and O–H groups in total.